The quantitative estimate of drug-likeness (QED) is 0.702. The molecule has 0 aromatic rings. The van der Waals surface area contributed by atoms with Crippen LogP contribution in [0.1, 0.15) is 13.8 Å². The van der Waals surface area contributed by atoms with E-state index in [2.05, 4.69) is 19.2 Å². The van der Waals surface area contributed by atoms with Gasteiger partial charge in [0, 0.05) is 12.6 Å². The van der Waals surface area contributed by atoms with Crippen LogP contribution in [0.15, 0.2) is 0 Å². The summed E-state index contributed by atoms with van der Waals surface area (Å²) < 4.78 is 5.28. The van der Waals surface area contributed by atoms with Gasteiger partial charge in [0.1, 0.15) is 0 Å². The minimum absolute atomic E-state index is 0. The van der Waals surface area contributed by atoms with E-state index in [-0.39, 0.29) is 17.0 Å². The van der Waals surface area contributed by atoms with Crippen LogP contribution in [0.2, 0.25) is 0 Å². The van der Waals surface area contributed by atoms with Gasteiger partial charge in [-0.1, -0.05) is 13.8 Å². The van der Waals surface area contributed by atoms with Gasteiger partial charge in [0.2, 0.25) is 0 Å². The normalized spacial score (nSPS) is 26.1. The van der Waals surface area contributed by atoms with Crippen molar-refractivity contribution in [3.8, 4) is 0 Å². The second-order valence-corrected chi connectivity index (χ2v) is 2.88. The Morgan fingerprint density at radius 1 is 1.50 bits per heavy atom. The second kappa shape index (κ2) is 5.10. The Bertz CT molecular complexity index is 81.7. The third kappa shape index (κ3) is 2.99. The number of rotatable bonds is 1. The minimum Gasteiger partial charge on any atom is -0.379 e. The van der Waals surface area contributed by atoms with Gasteiger partial charge in [-0.15, -0.1) is 17.0 Å². The highest BCUT2D eigenvalue weighted by molar-refractivity contribution is 8.93. The molecule has 0 radical (unpaired) electrons. The number of morpholine rings is 1. The number of nitrogens with one attached hydrogen (secondary N) is 1. The number of halogens is 1. The molecule has 0 amide bonds. The smallest absolute Gasteiger partial charge is 0.0622 e. The van der Waals surface area contributed by atoms with Crippen molar-refractivity contribution in [3.63, 3.8) is 0 Å². The van der Waals surface area contributed by atoms with Crippen LogP contribution in [0, 0.1) is 5.92 Å². The molecule has 1 atom stereocenters. The van der Waals surface area contributed by atoms with Gasteiger partial charge < -0.3 is 10.1 Å². The van der Waals surface area contributed by atoms with Crippen molar-refractivity contribution in [1.29, 1.82) is 0 Å². The molecule has 1 saturated heterocycles. The molecule has 0 saturated carbocycles. The van der Waals surface area contributed by atoms with Gasteiger partial charge in [-0.3, -0.25) is 0 Å². The van der Waals surface area contributed by atoms with E-state index < -0.39 is 0 Å². The molecule has 0 aliphatic carbocycles. The Kier molecular flexibility index (Phi) is 5.31. The average Bonchev–Trinajstić information content (AvgIpc) is 1.90. The Balaban J connectivity index is 0.000000810. The number of ether oxygens (including phenoxy) is 1. The summed E-state index contributed by atoms with van der Waals surface area (Å²) in [5, 5.41) is 3.39. The molecular formula is C7H16BrNO. The highest BCUT2D eigenvalue weighted by Gasteiger charge is 2.15. The van der Waals surface area contributed by atoms with E-state index in [1.165, 1.54) is 0 Å². The Labute approximate surface area is 73.1 Å². The van der Waals surface area contributed by atoms with E-state index in [0.717, 1.165) is 19.8 Å². The van der Waals surface area contributed by atoms with Crippen molar-refractivity contribution in [3.05, 3.63) is 0 Å². The first-order valence-electron chi connectivity index (χ1n) is 3.62. The summed E-state index contributed by atoms with van der Waals surface area (Å²) in [4.78, 5) is 0. The Morgan fingerprint density at radius 3 is 2.50 bits per heavy atom. The van der Waals surface area contributed by atoms with Crippen LogP contribution < -0.4 is 5.32 Å². The Hall–Kier alpha value is 0.400. The summed E-state index contributed by atoms with van der Waals surface area (Å²) in [6.07, 6.45) is 0. The highest BCUT2D eigenvalue weighted by atomic mass is 79.9. The van der Waals surface area contributed by atoms with Gasteiger partial charge in [0.15, 0.2) is 0 Å². The lowest BCUT2D eigenvalue weighted by atomic mass is 10.1. The summed E-state index contributed by atoms with van der Waals surface area (Å²) >= 11 is 0. The van der Waals surface area contributed by atoms with Crippen molar-refractivity contribution in [1.82, 2.24) is 5.32 Å². The average molecular weight is 210 g/mol. The lowest BCUT2D eigenvalue weighted by molar-refractivity contribution is 0.0623. The third-order valence-corrected chi connectivity index (χ3v) is 1.76. The van der Waals surface area contributed by atoms with E-state index in [1.54, 1.807) is 0 Å². The van der Waals surface area contributed by atoms with Gasteiger partial charge in [-0.25, -0.2) is 0 Å². The van der Waals surface area contributed by atoms with Crippen LogP contribution in [0.4, 0.5) is 0 Å². The first-order valence-corrected chi connectivity index (χ1v) is 3.62. The van der Waals surface area contributed by atoms with Crippen molar-refractivity contribution >= 4 is 17.0 Å². The van der Waals surface area contributed by atoms with Crippen LogP contribution in [-0.4, -0.2) is 25.8 Å². The third-order valence-electron chi connectivity index (χ3n) is 1.76. The lowest BCUT2D eigenvalue weighted by Crippen LogP contribution is -2.44. The van der Waals surface area contributed by atoms with Gasteiger partial charge in [0.05, 0.1) is 13.2 Å². The molecule has 1 heterocycles. The molecule has 1 aliphatic rings. The predicted molar refractivity (Wildman–Crippen MR) is 47.8 cm³/mol. The van der Waals surface area contributed by atoms with E-state index in [0.29, 0.717) is 12.0 Å². The molecule has 0 aromatic carbocycles. The van der Waals surface area contributed by atoms with Crippen molar-refractivity contribution in [2.75, 3.05) is 19.8 Å². The van der Waals surface area contributed by atoms with E-state index in [4.69, 9.17) is 4.74 Å². The zero-order chi connectivity index (χ0) is 6.69. The fourth-order valence-corrected chi connectivity index (χ4v) is 1.01. The van der Waals surface area contributed by atoms with E-state index >= 15 is 0 Å². The fourth-order valence-electron chi connectivity index (χ4n) is 1.01. The van der Waals surface area contributed by atoms with Gasteiger partial charge in [-0.05, 0) is 5.92 Å². The monoisotopic (exact) mass is 209 g/mol. The lowest BCUT2D eigenvalue weighted by Gasteiger charge is -2.26. The van der Waals surface area contributed by atoms with Crippen molar-refractivity contribution < 1.29 is 4.74 Å². The zero-order valence-corrected chi connectivity index (χ0v) is 8.31. The summed E-state index contributed by atoms with van der Waals surface area (Å²) in [7, 11) is 0. The molecule has 0 aromatic heterocycles. The highest BCUT2D eigenvalue weighted by Crippen LogP contribution is 2.04. The maximum atomic E-state index is 5.28. The molecular weight excluding hydrogens is 194 g/mol. The maximum absolute atomic E-state index is 5.28. The Morgan fingerprint density at radius 2 is 2.20 bits per heavy atom. The van der Waals surface area contributed by atoms with E-state index in [9.17, 15) is 0 Å². The predicted octanol–water partition coefficient (Wildman–Crippen LogP) is 1.21. The molecule has 1 N–H and O–H groups in total. The fraction of sp³-hybridized carbons (Fsp3) is 1.00. The van der Waals surface area contributed by atoms with Gasteiger partial charge in [0.25, 0.3) is 0 Å². The van der Waals surface area contributed by atoms with Gasteiger partial charge in [-0.2, -0.15) is 0 Å². The summed E-state index contributed by atoms with van der Waals surface area (Å²) in [5.41, 5.74) is 0. The minimum atomic E-state index is 0. The topological polar surface area (TPSA) is 21.3 Å². The molecule has 10 heavy (non-hydrogen) atoms. The molecule has 0 spiro atoms. The van der Waals surface area contributed by atoms with Crippen molar-refractivity contribution in [2.24, 2.45) is 5.92 Å². The first kappa shape index (κ1) is 10.4. The van der Waals surface area contributed by atoms with Crippen molar-refractivity contribution in [2.45, 2.75) is 19.9 Å². The van der Waals surface area contributed by atoms with Crippen LogP contribution in [0.3, 0.4) is 0 Å². The second-order valence-electron chi connectivity index (χ2n) is 2.88. The molecule has 62 valence electrons. The summed E-state index contributed by atoms with van der Waals surface area (Å²) in [6.45, 7) is 7.21. The zero-order valence-electron chi connectivity index (χ0n) is 6.59. The van der Waals surface area contributed by atoms with Gasteiger partial charge >= 0.3 is 0 Å². The molecule has 1 aliphatic heterocycles. The first-order chi connectivity index (χ1) is 4.30. The molecule has 0 bridgehead atoms. The van der Waals surface area contributed by atoms with E-state index in [1.807, 2.05) is 0 Å². The van der Waals surface area contributed by atoms with Crippen LogP contribution in [0.25, 0.3) is 0 Å². The maximum Gasteiger partial charge on any atom is 0.0622 e. The number of hydrogen-bond acceptors (Lipinski definition) is 2. The SMILES string of the molecule is Br.CC(C)[C@H]1COCCN1. The summed E-state index contributed by atoms with van der Waals surface area (Å²) in [6, 6.07) is 0.582. The van der Waals surface area contributed by atoms with Crippen LogP contribution in [-0.2, 0) is 4.74 Å². The molecule has 1 rings (SSSR count). The summed E-state index contributed by atoms with van der Waals surface area (Å²) in [5.74, 6) is 0.699. The number of hydrogen-bond donors (Lipinski definition) is 1. The molecule has 2 nitrogen and oxygen atoms in total. The van der Waals surface area contributed by atoms with Crippen LogP contribution in [0.5, 0.6) is 0 Å². The molecule has 3 heteroatoms. The standard InChI is InChI=1S/C7H15NO.BrH/c1-6(2)7-5-9-4-3-8-7;/h6-8H,3-5H2,1-2H3;1H/t7-;/m1./s1. The van der Waals surface area contributed by atoms with Crippen LogP contribution >= 0.6 is 17.0 Å². The largest absolute Gasteiger partial charge is 0.379 e. The molecule has 1 fully saturated rings. The molecule has 0 unspecified atom stereocenters.